The molecule has 0 saturated heterocycles. The predicted octanol–water partition coefficient (Wildman–Crippen LogP) is 1.75. The van der Waals surface area contributed by atoms with Crippen LogP contribution in [-0.4, -0.2) is 18.0 Å². The Kier molecular flexibility index (Phi) is 1.40. The van der Waals surface area contributed by atoms with Crippen molar-refractivity contribution < 1.29 is 4.74 Å². The van der Waals surface area contributed by atoms with Gasteiger partial charge in [0.15, 0.2) is 5.90 Å². The minimum atomic E-state index is 0.439. The van der Waals surface area contributed by atoms with Gasteiger partial charge in [0.1, 0.15) is 6.10 Å². The third-order valence-corrected chi connectivity index (χ3v) is 2.34. The molecule has 0 aromatic carbocycles. The van der Waals surface area contributed by atoms with E-state index >= 15 is 0 Å². The highest BCUT2D eigenvalue weighted by atomic mass is 16.5. The highest BCUT2D eigenvalue weighted by Gasteiger charge is 2.30. The van der Waals surface area contributed by atoms with Crippen LogP contribution in [0.3, 0.4) is 0 Å². The van der Waals surface area contributed by atoms with Crippen molar-refractivity contribution in [2.75, 3.05) is 0 Å². The number of nitrogens with zero attached hydrogens (tertiary/aromatic N) is 1. The van der Waals surface area contributed by atoms with E-state index in [2.05, 4.69) is 4.99 Å². The van der Waals surface area contributed by atoms with Crippen LogP contribution in [-0.2, 0) is 4.74 Å². The molecule has 0 unspecified atom stereocenters. The fourth-order valence-corrected chi connectivity index (χ4v) is 1.85. The zero-order valence-electron chi connectivity index (χ0n) is 6.34. The van der Waals surface area contributed by atoms with Crippen LogP contribution in [0.2, 0.25) is 0 Å². The molecule has 2 nitrogen and oxygen atoms in total. The summed E-state index contributed by atoms with van der Waals surface area (Å²) in [4.78, 5) is 4.40. The fraction of sp³-hybridized carbons (Fsp3) is 0.875. The zero-order chi connectivity index (χ0) is 6.97. The summed E-state index contributed by atoms with van der Waals surface area (Å²) in [7, 11) is 0. The summed E-state index contributed by atoms with van der Waals surface area (Å²) in [5.41, 5.74) is 0. The maximum atomic E-state index is 5.52. The van der Waals surface area contributed by atoms with Gasteiger partial charge in [-0.1, -0.05) is 6.42 Å². The molecule has 1 aliphatic heterocycles. The smallest absolute Gasteiger partial charge is 0.180 e. The maximum Gasteiger partial charge on any atom is 0.180 e. The van der Waals surface area contributed by atoms with Gasteiger partial charge in [0, 0.05) is 6.92 Å². The number of hydrogen-bond acceptors (Lipinski definition) is 2. The molecule has 0 N–H and O–H groups in total. The molecule has 2 rings (SSSR count). The summed E-state index contributed by atoms with van der Waals surface area (Å²) in [6, 6.07) is 0.508. The number of hydrogen-bond donors (Lipinski definition) is 0. The van der Waals surface area contributed by atoms with E-state index < -0.39 is 0 Å². The van der Waals surface area contributed by atoms with Crippen molar-refractivity contribution in [3.8, 4) is 0 Å². The van der Waals surface area contributed by atoms with Crippen molar-refractivity contribution >= 4 is 5.90 Å². The molecular weight excluding hydrogens is 126 g/mol. The second kappa shape index (κ2) is 2.26. The third-order valence-electron chi connectivity index (χ3n) is 2.34. The van der Waals surface area contributed by atoms with Gasteiger partial charge in [0.25, 0.3) is 0 Å². The van der Waals surface area contributed by atoms with Gasteiger partial charge in [0.05, 0.1) is 6.04 Å². The van der Waals surface area contributed by atoms with Gasteiger partial charge < -0.3 is 4.74 Å². The lowest BCUT2D eigenvalue weighted by Crippen LogP contribution is -2.25. The van der Waals surface area contributed by atoms with Gasteiger partial charge in [-0.25, -0.2) is 4.99 Å². The minimum Gasteiger partial charge on any atom is -0.476 e. The van der Waals surface area contributed by atoms with Crippen LogP contribution in [0.5, 0.6) is 0 Å². The van der Waals surface area contributed by atoms with E-state index in [4.69, 9.17) is 4.74 Å². The molecule has 1 saturated carbocycles. The Hall–Kier alpha value is -0.530. The summed E-state index contributed by atoms with van der Waals surface area (Å²) < 4.78 is 5.52. The number of aliphatic imine (C=N–C) groups is 1. The summed E-state index contributed by atoms with van der Waals surface area (Å²) in [6.07, 6.45) is 5.55. The maximum absolute atomic E-state index is 5.52. The van der Waals surface area contributed by atoms with Crippen LogP contribution < -0.4 is 0 Å². The Morgan fingerprint density at radius 2 is 2.20 bits per heavy atom. The van der Waals surface area contributed by atoms with Crippen LogP contribution in [0.15, 0.2) is 4.99 Å². The Morgan fingerprint density at radius 3 is 3.00 bits per heavy atom. The third kappa shape index (κ3) is 0.917. The van der Waals surface area contributed by atoms with E-state index in [0.29, 0.717) is 12.1 Å². The second-order valence-corrected chi connectivity index (χ2v) is 3.16. The summed E-state index contributed by atoms with van der Waals surface area (Å²) >= 11 is 0. The van der Waals surface area contributed by atoms with Gasteiger partial charge in [-0.05, 0) is 19.3 Å². The van der Waals surface area contributed by atoms with Gasteiger partial charge in [-0.3, -0.25) is 0 Å². The van der Waals surface area contributed by atoms with Crippen LogP contribution >= 0.6 is 0 Å². The molecule has 0 aromatic rings. The molecule has 0 spiro atoms. The molecule has 0 aromatic heterocycles. The molecule has 1 aliphatic carbocycles. The van der Waals surface area contributed by atoms with Crippen LogP contribution in [0, 0.1) is 0 Å². The molecule has 0 amide bonds. The molecule has 10 heavy (non-hydrogen) atoms. The fourth-order valence-electron chi connectivity index (χ4n) is 1.85. The van der Waals surface area contributed by atoms with Crippen molar-refractivity contribution in [3.63, 3.8) is 0 Å². The number of fused-ring (bicyclic) bond motifs is 1. The predicted molar refractivity (Wildman–Crippen MR) is 40.2 cm³/mol. The average molecular weight is 139 g/mol. The first-order valence-corrected chi connectivity index (χ1v) is 4.07. The molecule has 56 valence electrons. The van der Waals surface area contributed by atoms with Crippen molar-refractivity contribution in [2.24, 2.45) is 4.99 Å². The van der Waals surface area contributed by atoms with Crippen molar-refractivity contribution in [3.05, 3.63) is 0 Å². The topological polar surface area (TPSA) is 21.6 Å². The normalized spacial score (nSPS) is 38.3. The standard InChI is InChI=1S/C8H13NO/c1-6-9-7-4-2-3-5-8(7)10-6/h7-8H,2-5H2,1H3/t7-,8+/m1/s1. The first-order chi connectivity index (χ1) is 4.86. The van der Waals surface area contributed by atoms with Crippen molar-refractivity contribution in [1.29, 1.82) is 0 Å². The monoisotopic (exact) mass is 139 g/mol. The first-order valence-electron chi connectivity index (χ1n) is 4.07. The highest BCUT2D eigenvalue weighted by Crippen LogP contribution is 2.27. The van der Waals surface area contributed by atoms with E-state index in [9.17, 15) is 0 Å². The van der Waals surface area contributed by atoms with Gasteiger partial charge >= 0.3 is 0 Å². The number of ether oxygens (including phenoxy) is 1. The average Bonchev–Trinajstić information content (AvgIpc) is 2.27. The van der Waals surface area contributed by atoms with Gasteiger partial charge in [0.2, 0.25) is 0 Å². The number of rotatable bonds is 0. The molecule has 2 heteroatoms. The van der Waals surface area contributed by atoms with Gasteiger partial charge in [-0.2, -0.15) is 0 Å². The van der Waals surface area contributed by atoms with E-state index in [1.165, 1.54) is 25.7 Å². The lowest BCUT2D eigenvalue weighted by atomic mass is 9.94. The molecular formula is C8H13NO. The largest absolute Gasteiger partial charge is 0.476 e. The first kappa shape index (κ1) is 6.20. The van der Waals surface area contributed by atoms with Crippen molar-refractivity contribution in [1.82, 2.24) is 0 Å². The molecule has 2 aliphatic rings. The quantitative estimate of drug-likeness (QED) is 0.501. The summed E-state index contributed by atoms with van der Waals surface area (Å²) in [5.74, 6) is 0.900. The molecule has 1 fully saturated rings. The van der Waals surface area contributed by atoms with E-state index in [0.717, 1.165) is 5.90 Å². The Labute approximate surface area is 61.3 Å². The van der Waals surface area contributed by atoms with Crippen LogP contribution in [0.1, 0.15) is 32.6 Å². The van der Waals surface area contributed by atoms with E-state index in [1.807, 2.05) is 6.92 Å². The summed E-state index contributed by atoms with van der Waals surface area (Å²) in [5, 5.41) is 0. The summed E-state index contributed by atoms with van der Waals surface area (Å²) in [6.45, 7) is 1.96. The van der Waals surface area contributed by atoms with E-state index in [1.54, 1.807) is 0 Å². The van der Waals surface area contributed by atoms with Crippen LogP contribution in [0.4, 0.5) is 0 Å². The molecule has 1 heterocycles. The second-order valence-electron chi connectivity index (χ2n) is 3.16. The van der Waals surface area contributed by atoms with Crippen LogP contribution in [0.25, 0.3) is 0 Å². The Bertz CT molecular complexity index is 165. The Balaban J connectivity index is 2.06. The van der Waals surface area contributed by atoms with Crippen molar-refractivity contribution in [2.45, 2.75) is 44.8 Å². The lowest BCUT2D eigenvalue weighted by molar-refractivity contribution is 0.151. The minimum absolute atomic E-state index is 0.439. The molecule has 2 atom stereocenters. The van der Waals surface area contributed by atoms with E-state index in [-0.39, 0.29) is 0 Å². The highest BCUT2D eigenvalue weighted by molar-refractivity contribution is 5.75. The zero-order valence-corrected chi connectivity index (χ0v) is 6.34. The SMILES string of the molecule is CC1=N[C@@H]2CCCC[C@@H]2O1. The van der Waals surface area contributed by atoms with Gasteiger partial charge in [-0.15, -0.1) is 0 Å². The lowest BCUT2D eigenvalue weighted by Gasteiger charge is -2.21. The molecule has 0 bridgehead atoms. The molecule has 0 radical (unpaired) electrons. The Morgan fingerprint density at radius 1 is 1.40 bits per heavy atom.